The Kier molecular flexibility index (Phi) is 8.52. The smallest absolute Gasteiger partial charge is 0.188 e. The van der Waals surface area contributed by atoms with Crippen molar-refractivity contribution in [2.75, 3.05) is 13.1 Å². The number of guanidine groups is 2. The zero-order valence-corrected chi connectivity index (χ0v) is 16.8. The fourth-order valence-electron chi connectivity index (χ4n) is 2.54. The quantitative estimate of drug-likeness (QED) is 0.263. The average Bonchev–Trinajstić information content (AvgIpc) is 2.55. The summed E-state index contributed by atoms with van der Waals surface area (Å²) in [5, 5.41) is 15.5. The van der Waals surface area contributed by atoms with Crippen molar-refractivity contribution in [2.24, 2.45) is 22.9 Å². The van der Waals surface area contributed by atoms with Crippen molar-refractivity contribution in [3.05, 3.63) is 35.4 Å². The molecule has 0 aliphatic heterocycles. The number of hydrogen-bond acceptors (Lipinski definition) is 4. The molecule has 1 unspecified atom stereocenters. The minimum absolute atomic E-state index is 0.0435. The van der Waals surface area contributed by atoms with E-state index in [4.69, 9.17) is 33.8 Å². The van der Waals surface area contributed by atoms with Crippen molar-refractivity contribution < 1.29 is 0 Å². The second kappa shape index (κ2) is 10.1. The number of nitrogens with two attached hydrogens (primary N) is 4. The molecule has 0 amide bonds. The number of nitrogens with zero attached hydrogens (tertiary/aromatic N) is 2. The van der Waals surface area contributed by atoms with Gasteiger partial charge in [0.15, 0.2) is 11.9 Å². The highest BCUT2D eigenvalue weighted by Crippen LogP contribution is 2.12. The fourth-order valence-corrected chi connectivity index (χ4v) is 2.54. The molecule has 10 N–H and O–H groups in total. The summed E-state index contributed by atoms with van der Waals surface area (Å²) in [7, 11) is 0. The molecule has 0 aliphatic rings. The summed E-state index contributed by atoms with van der Waals surface area (Å²) in [6.45, 7) is 8.29. The molecule has 1 rings (SSSR count). The molecule has 1 aromatic carbocycles. The van der Waals surface area contributed by atoms with Gasteiger partial charge in [-0.05, 0) is 44.7 Å². The number of hydrogen-bond donors (Lipinski definition) is 6. The first kappa shape index (κ1) is 22.7. The van der Waals surface area contributed by atoms with Crippen LogP contribution in [0.15, 0.2) is 24.3 Å². The van der Waals surface area contributed by atoms with Gasteiger partial charge in [-0.3, -0.25) is 10.8 Å². The molecule has 1 aromatic rings. The van der Waals surface area contributed by atoms with E-state index in [-0.39, 0.29) is 23.5 Å². The third-order valence-electron chi connectivity index (χ3n) is 4.33. The molecule has 1 atom stereocenters. The normalized spacial score (nSPS) is 12.5. The van der Waals surface area contributed by atoms with Gasteiger partial charge in [-0.25, -0.2) is 0 Å². The van der Waals surface area contributed by atoms with E-state index < -0.39 is 0 Å². The zero-order chi connectivity index (χ0) is 20.6. The molecule has 0 heterocycles. The Bertz CT molecular complexity index is 603. The van der Waals surface area contributed by atoms with E-state index in [1.165, 1.54) is 0 Å². The van der Waals surface area contributed by atoms with Crippen molar-refractivity contribution in [1.82, 2.24) is 9.80 Å². The van der Waals surface area contributed by atoms with Crippen LogP contribution < -0.4 is 22.9 Å². The van der Waals surface area contributed by atoms with Gasteiger partial charge in [-0.2, -0.15) is 0 Å². The molecule has 0 radical (unpaired) electrons. The van der Waals surface area contributed by atoms with E-state index >= 15 is 0 Å². The molecule has 0 saturated carbocycles. The van der Waals surface area contributed by atoms with Crippen LogP contribution in [-0.4, -0.2) is 46.4 Å². The van der Waals surface area contributed by atoms with Gasteiger partial charge in [0.25, 0.3) is 0 Å². The van der Waals surface area contributed by atoms with Crippen LogP contribution >= 0.6 is 0 Å². The van der Waals surface area contributed by atoms with Crippen molar-refractivity contribution in [2.45, 2.75) is 58.3 Å². The molecule has 0 spiro atoms. The summed E-state index contributed by atoms with van der Waals surface area (Å²) in [4.78, 5) is 3.62. The Labute approximate surface area is 162 Å². The molecular formula is C19H36N8. The third-order valence-corrected chi connectivity index (χ3v) is 4.33. The van der Waals surface area contributed by atoms with Crippen LogP contribution in [0.1, 0.15) is 44.7 Å². The Morgan fingerprint density at radius 1 is 0.963 bits per heavy atom. The Morgan fingerprint density at radius 3 is 1.70 bits per heavy atom. The molecule has 0 fully saturated rings. The van der Waals surface area contributed by atoms with E-state index in [1.54, 1.807) is 0 Å². The topological polar surface area (TPSA) is 158 Å². The van der Waals surface area contributed by atoms with Crippen LogP contribution in [0, 0.1) is 10.8 Å². The molecule has 27 heavy (non-hydrogen) atoms. The molecule has 0 bridgehead atoms. The molecule has 152 valence electrons. The van der Waals surface area contributed by atoms with E-state index in [9.17, 15) is 0 Å². The van der Waals surface area contributed by atoms with Crippen molar-refractivity contribution in [1.29, 1.82) is 10.8 Å². The maximum atomic E-state index is 7.78. The molecule has 0 aliphatic carbocycles. The average molecular weight is 377 g/mol. The number of benzene rings is 1. The first-order chi connectivity index (χ1) is 12.5. The van der Waals surface area contributed by atoms with Gasteiger partial charge < -0.3 is 32.7 Å². The summed E-state index contributed by atoms with van der Waals surface area (Å²) in [5.41, 5.74) is 25.1. The Morgan fingerprint density at radius 2 is 1.37 bits per heavy atom. The summed E-state index contributed by atoms with van der Waals surface area (Å²) in [6, 6.07) is 8.14. The maximum Gasteiger partial charge on any atom is 0.188 e. The maximum absolute atomic E-state index is 7.78. The van der Waals surface area contributed by atoms with Crippen molar-refractivity contribution in [3.63, 3.8) is 0 Å². The van der Waals surface area contributed by atoms with Gasteiger partial charge in [0.2, 0.25) is 0 Å². The highest BCUT2D eigenvalue weighted by Gasteiger charge is 2.15. The highest BCUT2D eigenvalue weighted by atomic mass is 15.2. The van der Waals surface area contributed by atoms with Crippen LogP contribution in [0.3, 0.4) is 0 Å². The van der Waals surface area contributed by atoms with Crippen LogP contribution in [-0.2, 0) is 13.1 Å². The van der Waals surface area contributed by atoms with Gasteiger partial charge in [0.05, 0.1) is 0 Å². The SMILES string of the molecule is CC(N)CCN(Cc1ccc(CN(CCC(C)(C)N)C(=N)N)cc1)C(=N)N. The molecule has 8 nitrogen and oxygen atoms in total. The zero-order valence-electron chi connectivity index (χ0n) is 16.8. The van der Waals surface area contributed by atoms with Gasteiger partial charge in [0.1, 0.15) is 0 Å². The molecular weight excluding hydrogens is 340 g/mol. The summed E-state index contributed by atoms with van der Waals surface area (Å²) < 4.78 is 0. The Balaban J connectivity index is 2.70. The van der Waals surface area contributed by atoms with Gasteiger partial charge in [-0.15, -0.1) is 0 Å². The molecule has 0 aromatic heterocycles. The predicted octanol–water partition coefficient (Wildman–Crippen LogP) is 0.942. The standard InChI is InChI=1S/C19H36N8/c1-14(20)8-10-26(17(21)22)12-15-4-6-16(7-5-15)13-27(18(23)24)11-9-19(2,3)25/h4-7,14H,8-13,20,25H2,1-3H3,(H3,21,22)(H3,23,24). The molecule has 0 saturated heterocycles. The van der Waals surface area contributed by atoms with E-state index in [0.717, 1.165) is 24.0 Å². The Hall–Kier alpha value is -2.32. The number of nitrogens with one attached hydrogen (secondary N) is 2. The van der Waals surface area contributed by atoms with E-state index in [1.807, 2.05) is 54.8 Å². The summed E-state index contributed by atoms with van der Waals surface area (Å²) in [5.74, 6) is 0.0915. The first-order valence-corrected chi connectivity index (χ1v) is 9.28. The van der Waals surface area contributed by atoms with Gasteiger partial charge in [0, 0.05) is 37.8 Å². The second-order valence-electron chi connectivity index (χ2n) is 7.93. The lowest BCUT2D eigenvalue weighted by Crippen LogP contribution is -2.42. The number of rotatable bonds is 10. The fraction of sp³-hybridized carbons (Fsp3) is 0.579. The predicted molar refractivity (Wildman–Crippen MR) is 112 cm³/mol. The van der Waals surface area contributed by atoms with E-state index in [0.29, 0.717) is 26.2 Å². The van der Waals surface area contributed by atoms with Crippen molar-refractivity contribution >= 4 is 11.9 Å². The minimum Gasteiger partial charge on any atom is -0.370 e. The van der Waals surface area contributed by atoms with E-state index in [2.05, 4.69) is 0 Å². The molecule has 8 heteroatoms. The first-order valence-electron chi connectivity index (χ1n) is 9.28. The monoisotopic (exact) mass is 376 g/mol. The summed E-state index contributed by atoms with van der Waals surface area (Å²) in [6.07, 6.45) is 1.53. The second-order valence-corrected chi connectivity index (χ2v) is 7.93. The lowest BCUT2D eigenvalue weighted by molar-refractivity contribution is 0.344. The van der Waals surface area contributed by atoms with Crippen LogP contribution in [0.25, 0.3) is 0 Å². The lowest BCUT2D eigenvalue weighted by Gasteiger charge is -2.27. The van der Waals surface area contributed by atoms with Crippen LogP contribution in [0.2, 0.25) is 0 Å². The lowest BCUT2D eigenvalue weighted by atomic mass is 10.0. The van der Waals surface area contributed by atoms with Gasteiger partial charge in [-0.1, -0.05) is 24.3 Å². The highest BCUT2D eigenvalue weighted by molar-refractivity contribution is 5.75. The largest absolute Gasteiger partial charge is 0.370 e. The van der Waals surface area contributed by atoms with Gasteiger partial charge >= 0.3 is 0 Å². The minimum atomic E-state index is -0.297. The van der Waals surface area contributed by atoms with Crippen LogP contribution in [0.5, 0.6) is 0 Å². The summed E-state index contributed by atoms with van der Waals surface area (Å²) >= 11 is 0. The van der Waals surface area contributed by atoms with Crippen molar-refractivity contribution in [3.8, 4) is 0 Å². The third kappa shape index (κ3) is 9.25. The van der Waals surface area contributed by atoms with Crippen LogP contribution in [0.4, 0.5) is 0 Å².